The Bertz CT molecular complexity index is 456. The monoisotopic (exact) mass is 264 g/mol. The molecule has 0 aliphatic carbocycles. The normalized spacial score (nSPS) is 16.4. The van der Waals surface area contributed by atoms with Crippen LogP contribution in [0.1, 0.15) is 30.9 Å². The van der Waals surface area contributed by atoms with Crippen molar-refractivity contribution in [1.82, 2.24) is 0 Å². The molecule has 1 saturated heterocycles. The highest BCUT2D eigenvalue weighted by atomic mass is 16.5. The summed E-state index contributed by atoms with van der Waals surface area (Å²) < 4.78 is 5.21. The smallest absolute Gasteiger partial charge is 0.305 e. The summed E-state index contributed by atoms with van der Waals surface area (Å²) in [6.45, 7) is 2.00. The number of methoxy groups -OCH3 is 1. The van der Waals surface area contributed by atoms with E-state index in [2.05, 4.69) is 4.90 Å². The van der Waals surface area contributed by atoms with Gasteiger partial charge < -0.3 is 20.5 Å². The molecule has 0 aromatic heterocycles. The number of hydrogen-bond donors (Lipinski definition) is 2. The summed E-state index contributed by atoms with van der Waals surface area (Å²) in [5.41, 5.74) is 7.91. The fourth-order valence-electron chi connectivity index (χ4n) is 2.50. The van der Waals surface area contributed by atoms with Crippen molar-refractivity contribution in [3.8, 4) is 5.75 Å². The largest absolute Gasteiger partial charge is 0.497 e. The Balaban J connectivity index is 2.32. The fraction of sp³-hybridized carbons (Fsp3) is 0.500. The minimum Gasteiger partial charge on any atom is -0.497 e. The van der Waals surface area contributed by atoms with E-state index in [1.807, 2.05) is 18.2 Å². The molecule has 19 heavy (non-hydrogen) atoms. The Morgan fingerprint density at radius 2 is 2.16 bits per heavy atom. The first-order valence-corrected chi connectivity index (χ1v) is 6.52. The molecule has 1 aliphatic heterocycles. The Morgan fingerprint density at radius 3 is 2.74 bits per heavy atom. The van der Waals surface area contributed by atoms with Gasteiger partial charge in [-0.3, -0.25) is 4.79 Å². The van der Waals surface area contributed by atoms with Crippen molar-refractivity contribution in [3.63, 3.8) is 0 Å². The van der Waals surface area contributed by atoms with Gasteiger partial charge in [-0.1, -0.05) is 0 Å². The third-order valence-electron chi connectivity index (χ3n) is 3.48. The Kier molecular flexibility index (Phi) is 4.27. The number of nitrogens with two attached hydrogens (primary N) is 1. The van der Waals surface area contributed by atoms with Crippen molar-refractivity contribution in [2.75, 3.05) is 25.1 Å². The second-order valence-corrected chi connectivity index (χ2v) is 4.82. The molecule has 1 aliphatic rings. The summed E-state index contributed by atoms with van der Waals surface area (Å²) in [7, 11) is 1.59. The topological polar surface area (TPSA) is 75.8 Å². The molecule has 5 heteroatoms. The average Bonchev–Trinajstić information content (AvgIpc) is 2.91. The Morgan fingerprint density at radius 1 is 1.47 bits per heavy atom. The van der Waals surface area contributed by atoms with Crippen molar-refractivity contribution in [1.29, 1.82) is 0 Å². The van der Waals surface area contributed by atoms with E-state index in [0.717, 1.165) is 24.3 Å². The van der Waals surface area contributed by atoms with Gasteiger partial charge in [0.1, 0.15) is 5.75 Å². The molecule has 1 fully saturated rings. The van der Waals surface area contributed by atoms with Gasteiger partial charge in [0.2, 0.25) is 0 Å². The summed E-state index contributed by atoms with van der Waals surface area (Å²) in [6, 6.07) is 5.20. The first-order valence-electron chi connectivity index (χ1n) is 6.52. The van der Waals surface area contributed by atoms with E-state index in [9.17, 15) is 4.79 Å². The molecule has 0 bridgehead atoms. The van der Waals surface area contributed by atoms with Crippen molar-refractivity contribution in [2.45, 2.75) is 25.3 Å². The van der Waals surface area contributed by atoms with Gasteiger partial charge in [0.15, 0.2) is 0 Å². The van der Waals surface area contributed by atoms with Gasteiger partial charge in [0, 0.05) is 24.8 Å². The van der Waals surface area contributed by atoms with Crippen LogP contribution in [0.2, 0.25) is 0 Å². The predicted molar refractivity (Wildman–Crippen MR) is 73.6 cm³/mol. The minimum absolute atomic E-state index is 0.0754. The Hall–Kier alpha value is -1.75. The van der Waals surface area contributed by atoms with Crippen LogP contribution in [0.5, 0.6) is 5.75 Å². The molecule has 0 radical (unpaired) electrons. The summed E-state index contributed by atoms with van der Waals surface area (Å²) in [4.78, 5) is 13.1. The molecule has 1 aromatic rings. The van der Waals surface area contributed by atoms with Crippen molar-refractivity contribution >= 4 is 11.7 Å². The number of aliphatic carboxylic acids is 1. The molecule has 0 amide bonds. The van der Waals surface area contributed by atoms with E-state index < -0.39 is 12.0 Å². The third-order valence-corrected chi connectivity index (χ3v) is 3.48. The summed E-state index contributed by atoms with van der Waals surface area (Å²) >= 11 is 0. The van der Waals surface area contributed by atoms with Crippen LogP contribution in [-0.2, 0) is 4.79 Å². The Labute approximate surface area is 113 Å². The highest BCUT2D eigenvalue weighted by molar-refractivity contribution is 5.69. The molecule has 0 saturated carbocycles. The molecule has 104 valence electrons. The minimum atomic E-state index is -0.886. The first-order chi connectivity index (χ1) is 9.11. The van der Waals surface area contributed by atoms with E-state index in [4.69, 9.17) is 15.6 Å². The SMILES string of the molecule is COc1ccc(N2CCCC2)c(C(N)CC(=O)O)c1. The van der Waals surface area contributed by atoms with E-state index in [-0.39, 0.29) is 6.42 Å². The zero-order chi connectivity index (χ0) is 13.8. The van der Waals surface area contributed by atoms with Gasteiger partial charge >= 0.3 is 5.97 Å². The van der Waals surface area contributed by atoms with Gasteiger partial charge in [0.05, 0.1) is 13.5 Å². The molecule has 1 aromatic carbocycles. The van der Waals surface area contributed by atoms with Gasteiger partial charge in [0.25, 0.3) is 0 Å². The van der Waals surface area contributed by atoms with E-state index in [0.29, 0.717) is 5.75 Å². The quantitative estimate of drug-likeness (QED) is 0.847. The lowest BCUT2D eigenvalue weighted by atomic mass is 10.0. The number of benzene rings is 1. The van der Waals surface area contributed by atoms with Crippen molar-refractivity contribution in [2.24, 2.45) is 5.73 Å². The molecule has 5 nitrogen and oxygen atoms in total. The standard InChI is InChI=1S/C14H20N2O3/c1-19-10-4-5-13(16-6-2-3-7-16)11(8-10)12(15)9-14(17)18/h4-5,8,12H,2-3,6-7,9,15H2,1H3,(H,17,18). The molecule has 2 rings (SSSR count). The molecule has 1 atom stereocenters. The molecule has 3 N–H and O–H groups in total. The fourth-order valence-corrected chi connectivity index (χ4v) is 2.50. The molecular weight excluding hydrogens is 244 g/mol. The number of hydrogen-bond acceptors (Lipinski definition) is 4. The second kappa shape index (κ2) is 5.93. The maximum absolute atomic E-state index is 10.8. The maximum Gasteiger partial charge on any atom is 0.305 e. The van der Waals surface area contributed by atoms with Crippen molar-refractivity contribution in [3.05, 3.63) is 23.8 Å². The van der Waals surface area contributed by atoms with E-state index in [1.165, 1.54) is 12.8 Å². The van der Waals surface area contributed by atoms with Crippen LogP contribution in [0.25, 0.3) is 0 Å². The van der Waals surface area contributed by atoms with Crippen LogP contribution in [-0.4, -0.2) is 31.3 Å². The zero-order valence-electron chi connectivity index (χ0n) is 11.1. The summed E-state index contributed by atoms with van der Waals surface area (Å²) in [5, 5.41) is 8.90. The van der Waals surface area contributed by atoms with Gasteiger partial charge in [-0.15, -0.1) is 0 Å². The first kappa shape index (κ1) is 13.7. The van der Waals surface area contributed by atoms with Crippen molar-refractivity contribution < 1.29 is 14.6 Å². The summed E-state index contributed by atoms with van der Waals surface area (Å²) in [6.07, 6.45) is 2.26. The van der Waals surface area contributed by atoms with Gasteiger partial charge in [-0.05, 0) is 36.6 Å². The predicted octanol–water partition coefficient (Wildman–Crippen LogP) is 1.77. The van der Waals surface area contributed by atoms with Gasteiger partial charge in [-0.25, -0.2) is 0 Å². The number of carbonyl (C=O) groups is 1. The highest BCUT2D eigenvalue weighted by Crippen LogP contribution is 2.32. The zero-order valence-corrected chi connectivity index (χ0v) is 11.1. The third kappa shape index (κ3) is 3.17. The number of ether oxygens (including phenoxy) is 1. The van der Waals surface area contributed by atoms with Crippen LogP contribution in [0, 0.1) is 0 Å². The number of nitrogens with zero attached hydrogens (tertiary/aromatic N) is 1. The maximum atomic E-state index is 10.8. The number of rotatable bonds is 5. The van der Waals surface area contributed by atoms with E-state index in [1.54, 1.807) is 7.11 Å². The molecular formula is C14H20N2O3. The molecule has 1 unspecified atom stereocenters. The van der Waals surface area contributed by atoms with Crippen LogP contribution in [0.15, 0.2) is 18.2 Å². The lowest BCUT2D eigenvalue weighted by Crippen LogP contribution is -2.23. The van der Waals surface area contributed by atoms with Crippen LogP contribution >= 0.6 is 0 Å². The summed E-state index contributed by atoms with van der Waals surface area (Å²) in [5.74, 6) is -0.179. The number of carboxylic acids is 1. The van der Waals surface area contributed by atoms with Crippen LogP contribution in [0.4, 0.5) is 5.69 Å². The van der Waals surface area contributed by atoms with Crippen LogP contribution < -0.4 is 15.4 Å². The van der Waals surface area contributed by atoms with Crippen LogP contribution in [0.3, 0.4) is 0 Å². The molecule has 1 heterocycles. The lowest BCUT2D eigenvalue weighted by Gasteiger charge is -2.24. The van der Waals surface area contributed by atoms with Gasteiger partial charge in [-0.2, -0.15) is 0 Å². The molecule has 0 spiro atoms. The highest BCUT2D eigenvalue weighted by Gasteiger charge is 2.21. The van der Waals surface area contributed by atoms with E-state index >= 15 is 0 Å². The average molecular weight is 264 g/mol. The lowest BCUT2D eigenvalue weighted by molar-refractivity contribution is -0.137. The second-order valence-electron chi connectivity index (χ2n) is 4.82. The number of anilines is 1. The number of carboxylic acid groups (broad SMARTS) is 1.